The Morgan fingerprint density at radius 1 is 1.55 bits per heavy atom. The normalized spacial score (nSPS) is 9.82. The highest BCUT2D eigenvalue weighted by atomic mass is 79.9. The van der Waals surface area contributed by atoms with Gasteiger partial charge in [0.25, 0.3) is 0 Å². The minimum absolute atomic E-state index is 0.0602. The first-order valence-corrected chi connectivity index (χ1v) is 4.01. The molecule has 1 aromatic rings. The van der Waals surface area contributed by atoms with Crippen molar-refractivity contribution in [3.8, 4) is 5.75 Å². The monoisotopic (exact) mass is 238 g/mol. The lowest BCUT2D eigenvalue weighted by Crippen LogP contribution is -1.89. The SMILES string of the molecule is COc1c(Br)ccc(Cl)c1F. The van der Waals surface area contributed by atoms with Crippen LogP contribution in [0.15, 0.2) is 16.6 Å². The maximum absolute atomic E-state index is 13.0. The van der Waals surface area contributed by atoms with Crippen molar-refractivity contribution in [1.29, 1.82) is 0 Å². The summed E-state index contributed by atoms with van der Waals surface area (Å²) in [4.78, 5) is 0. The van der Waals surface area contributed by atoms with Crippen LogP contribution in [0.3, 0.4) is 0 Å². The summed E-state index contributed by atoms with van der Waals surface area (Å²) < 4.78 is 18.3. The number of rotatable bonds is 1. The number of hydrogen-bond acceptors (Lipinski definition) is 1. The third kappa shape index (κ3) is 1.65. The lowest BCUT2D eigenvalue weighted by molar-refractivity contribution is 0.384. The summed E-state index contributed by atoms with van der Waals surface area (Å²) in [5.41, 5.74) is 0. The van der Waals surface area contributed by atoms with E-state index in [0.29, 0.717) is 4.47 Å². The van der Waals surface area contributed by atoms with Gasteiger partial charge in [-0.15, -0.1) is 0 Å². The van der Waals surface area contributed by atoms with E-state index in [9.17, 15) is 4.39 Å². The van der Waals surface area contributed by atoms with E-state index in [2.05, 4.69) is 15.9 Å². The molecule has 0 unspecified atom stereocenters. The van der Waals surface area contributed by atoms with Gasteiger partial charge in [-0.3, -0.25) is 0 Å². The summed E-state index contributed by atoms with van der Waals surface area (Å²) >= 11 is 8.61. The predicted molar refractivity (Wildman–Crippen MR) is 45.7 cm³/mol. The Kier molecular flexibility index (Phi) is 2.73. The van der Waals surface area contributed by atoms with Gasteiger partial charge in [0.1, 0.15) is 0 Å². The molecule has 4 heteroatoms. The average Bonchev–Trinajstić information content (AvgIpc) is 1.99. The third-order valence-corrected chi connectivity index (χ3v) is 2.12. The molecular weight excluding hydrogens is 234 g/mol. The van der Waals surface area contributed by atoms with Gasteiger partial charge in [-0.1, -0.05) is 11.6 Å². The zero-order valence-corrected chi connectivity index (χ0v) is 8.04. The van der Waals surface area contributed by atoms with E-state index in [4.69, 9.17) is 16.3 Å². The van der Waals surface area contributed by atoms with E-state index >= 15 is 0 Å². The second-order valence-electron chi connectivity index (χ2n) is 1.88. The Labute approximate surface area is 77.2 Å². The molecule has 0 aliphatic rings. The predicted octanol–water partition coefficient (Wildman–Crippen LogP) is 3.25. The van der Waals surface area contributed by atoms with Gasteiger partial charge in [0.15, 0.2) is 11.6 Å². The van der Waals surface area contributed by atoms with Crippen molar-refractivity contribution >= 4 is 27.5 Å². The fourth-order valence-corrected chi connectivity index (χ4v) is 1.31. The van der Waals surface area contributed by atoms with Crippen LogP contribution in [0, 0.1) is 5.82 Å². The van der Waals surface area contributed by atoms with Crippen LogP contribution in [0.4, 0.5) is 4.39 Å². The Morgan fingerprint density at radius 3 is 2.64 bits per heavy atom. The first-order chi connectivity index (χ1) is 5.16. The molecule has 0 saturated heterocycles. The molecule has 1 rings (SSSR count). The molecule has 0 aliphatic heterocycles. The van der Waals surface area contributed by atoms with E-state index < -0.39 is 5.82 Å². The molecule has 0 amide bonds. The molecule has 0 spiro atoms. The van der Waals surface area contributed by atoms with E-state index in [0.717, 1.165) is 0 Å². The van der Waals surface area contributed by atoms with Crippen LogP contribution in [0.5, 0.6) is 5.75 Å². The van der Waals surface area contributed by atoms with Gasteiger partial charge in [0.2, 0.25) is 0 Å². The number of hydrogen-bond donors (Lipinski definition) is 0. The maximum Gasteiger partial charge on any atom is 0.184 e. The van der Waals surface area contributed by atoms with E-state index in [1.165, 1.54) is 13.2 Å². The second-order valence-corrected chi connectivity index (χ2v) is 3.14. The fraction of sp³-hybridized carbons (Fsp3) is 0.143. The van der Waals surface area contributed by atoms with Crippen LogP contribution in [0.2, 0.25) is 5.02 Å². The second kappa shape index (κ2) is 3.41. The molecule has 1 nitrogen and oxygen atoms in total. The number of benzene rings is 1. The summed E-state index contributed by atoms with van der Waals surface area (Å²) in [5, 5.41) is 0.0602. The van der Waals surface area contributed by atoms with Crippen molar-refractivity contribution in [2.24, 2.45) is 0 Å². The molecule has 1 aromatic carbocycles. The first kappa shape index (κ1) is 8.81. The number of methoxy groups -OCH3 is 1. The van der Waals surface area contributed by atoms with Crippen LogP contribution < -0.4 is 4.74 Å². The molecule has 0 N–H and O–H groups in total. The van der Waals surface area contributed by atoms with Crippen LogP contribution in [-0.4, -0.2) is 7.11 Å². The molecule has 60 valence electrons. The van der Waals surface area contributed by atoms with Gasteiger partial charge in [0.05, 0.1) is 16.6 Å². The van der Waals surface area contributed by atoms with Crippen molar-refractivity contribution in [3.05, 3.63) is 27.4 Å². The smallest absolute Gasteiger partial charge is 0.184 e. The van der Waals surface area contributed by atoms with E-state index in [1.54, 1.807) is 6.07 Å². The molecule has 0 saturated carbocycles. The first-order valence-electron chi connectivity index (χ1n) is 2.84. The summed E-state index contributed by atoms with van der Waals surface area (Å²) in [7, 11) is 1.39. The minimum atomic E-state index is -0.538. The summed E-state index contributed by atoms with van der Waals surface area (Å²) in [6.45, 7) is 0. The molecule has 0 bridgehead atoms. The van der Waals surface area contributed by atoms with Gasteiger partial charge in [-0.25, -0.2) is 4.39 Å². The summed E-state index contributed by atoms with van der Waals surface area (Å²) in [5.74, 6) is -0.402. The lowest BCUT2D eigenvalue weighted by atomic mass is 10.3. The fourth-order valence-electron chi connectivity index (χ4n) is 0.696. The van der Waals surface area contributed by atoms with Gasteiger partial charge >= 0.3 is 0 Å². The van der Waals surface area contributed by atoms with Gasteiger partial charge in [-0.05, 0) is 28.1 Å². The van der Waals surface area contributed by atoms with E-state index in [-0.39, 0.29) is 10.8 Å². The summed E-state index contributed by atoms with van der Waals surface area (Å²) in [6, 6.07) is 3.09. The largest absolute Gasteiger partial charge is 0.492 e. The molecular formula is C7H5BrClFO. The van der Waals surface area contributed by atoms with Crippen molar-refractivity contribution in [2.75, 3.05) is 7.11 Å². The number of halogens is 3. The molecule has 11 heavy (non-hydrogen) atoms. The molecule has 0 aliphatic carbocycles. The molecule has 0 heterocycles. The third-order valence-electron chi connectivity index (χ3n) is 1.21. The van der Waals surface area contributed by atoms with Crippen LogP contribution in [-0.2, 0) is 0 Å². The molecule has 0 atom stereocenters. The average molecular weight is 239 g/mol. The van der Waals surface area contributed by atoms with E-state index in [1.807, 2.05) is 0 Å². The highest BCUT2D eigenvalue weighted by Crippen LogP contribution is 2.31. The van der Waals surface area contributed by atoms with Crippen LogP contribution in [0.1, 0.15) is 0 Å². The zero-order valence-electron chi connectivity index (χ0n) is 5.70. The number of ether oxygens (including phenoxy) is 1. The highest BCUT2D eigenvalue weighted by molar-refractivity contribution is 9.10. The van der Waals surface area contributed by atoms with Crippen molar-refractivity contribution in [3.63, 3.8) is 0 Å². The van der Waals surface area contributed by atoms with Crippen molar-refractivity contribution < 1.29 is 9.13 Å². The Bertz CT molecular complexity index is 277. The summed E-state index contributed by atoms with van der Waals surface area (Å²) in [6.07, 6.45) is 0. The van der Waals surface area contributed by atoms with Gasteiger partial charge < -0.3 is 4.74 Å². The van der Waals surface area contributed by atoms with Gasteiger partial charge in [0, 0.05) is 0 Å². The quantitative estimate of drug-likeness (QED) is 0.684. The van der Waals surface area contributed by atoms with Gasteiger partial charge in [-0.2, -0.15) is 0 Å². The Hall–Kier alpha value is -0.280. The Morgan fingerprint density at radius 2 is 2.18 bits per heavy atom. The zero-order chi connectivity index (χ0) is 8.43. The topological polar surface area (TPSA) is 9.23 Å². The maximum atomic E-state index is 13.0. The van der Waals surface area contributed by atoms with Crippen LogP contribution in [0.25, 0.3) is 0 Å². The van der Waals surface area contributed by atoms with Crippen molar-refractivity contribution in [2.45, 2.75) is 0 Å². The standard InChI is InChI=1S/C7H5BrClFO/c1-11-7-4(8)2-3-5(9)6(7)10/h2-3H,1H3. The molecule has 0 fully saturated rings. The lowest BCUT2D eigenvalue weighted by Gasteiger charge is -2.04. The molecule has 0 aromatic heterocycles. The van der Waals surface area contributed by atoms with Crippen LogP contribution >= 0.6 is 27.5 Å². The minimum Gasteiger partial charge on any atom is -0.492 e. The van der Waals surface area contributed by atoms with Crippen molar-refractivity contribution in [1.82, 2.24) is 0 Å². The highest BCUT2D eigenvalue weighted by Gasteiger charge is 2.10. The molecule has 0 radical (unpaired) electrons. The Balaban J connectivity index is 3.29.